The fraction of sp³-hybridized carbons (Fsp3) is 0.562. The molecule has 2 aromatic rings. The molecule has 1 amide bonds. The van der Waals surface area contributed by atoms with Gasteiger partial charge in [0.2, 0.25) is 0 Å². The molecule has 0 fully saturated rings. The normalized spacial score (nSPS) is 13.0. The monoisotopic (exact) mass is 303 g/mol. The minimum Gasteiger partial charge on any atom is -0.350 e. The zero-order valence-corrected chi connectivity index (χ0v) is 14.0. The molecule has 2 heterocycles. The Bertz CT molecular complexity index is 647. The molecule has 6 heteroatoms. The minimum atomic E-state index is -0.0975. The predicted molar refractivity (Wildman–Crippen MR) is 87.8 cm³/mol. The highest BCUT2D eigenvalue weighted by Crippen LogP contribution is 2.14. The van der Waals surface area contributed by atoms with Crippen LogP contribution < -0.4 is 5.32 Å². The standard InChI is InChI=1S/C16H25N5O/c1-11(2)10-21-15-13(9-19-21)6-14(8-17-15)16(22)18-7-12(3)20(4)5/h6,8-9,11-12H,7,10H2,1-5H3,(H,18,22)/t12-/m1/s1. The van der Waals surface area contributed by atoms with Crippen molar-refractivity contribution in [2.45, 2.75) is 33.4 Å². The molecule has 2 rings (SSSR count). The van der Waals surface area contributed by atoms with Gasteiger partial charge in [-0.2, -0.15) is 5.10 Å². The number of pyridine rings is 1. The third kappa shape index (κ3) is 3.82. The summed E-state index contributed by atoms with van der Waals surface area (Å²) >= 11 is 0. The second-order valence-corrected chi connectivity index (χ2v) is 6.38. The second kappa shape index (κ2) is 6.87. The van der Waals surface area contributed by atoms with Gasteiger partial charge in [-0.25, -0.2) is 9.67 Å². The van der Waals surface area contributed by atoms with Crippen molar-refractivity contribution >= 4 is 16.9 Å². The van der Waals surface area contributed by atoms with Crippen LogP contribution in [0.5, 0.6) is 0 Å². The van der Waals surface area contributed by atoms with Gasteiger partial charge >= 0.3 is 0 Å². The van der Waals surface area contributed by atoms with Crippen molar-refractivity contribution in [2.75, 3.05) is 20.6 Å². The first-order valence-corrected chi connectivity index (χ1v) is 7.64. The van der Waals surface area contributed by atoms with Crippen LogP contribution in [-0.2, 0) is 6.54 Å². The lowest BCUT2D eigenvalue weighted by Gasteiger charge is -2.19. The maximum atomic E-state index is 12.2. The zero-order valence-electron chi connectivity index (χ0n) is 14.0. The lowest BCUT2D eigenvalue weighted by atomic mass is 10.2. The molecule has 6 nitrogen and oxygen atoms in total. The average molecular weight is 303 g/mol. The number of carbonyl (C=O) groups is 1. The number of nitrogens with one attached hydrogen (secondary N) is 1. The van der Waals surface area contributed by atoms with Crippen LogP contribution in [0, 0.1) is 5.92 Å². The molecule has 1 atom stereocenters. The van der Waals surface area contributed by atoms with Crippen molar-refractivity contribution in [3.8, 4) is 0 Å². The second-order valence-electron chi connectivity index (χ2n) is 6.38. The molecule has 120 valence electrons. The number of hydrogen-bond acceptors (Lipinski definition) is 4. The van der Waals surface area contributed by atoms with E-state index in [1.165, 1.54) is 0 Å². The molecule has 0 spiro atoms. The first-order chi connectivity index (χ1) is 10.4. The summed E-state index contributed by atoms with van der Waals surface area (Å²) in [6, 6.07) is 2.14. The Morgan fingerprint density at radius 3 is 2.68 bits per heavy atom. The summed E-state index contributed by atoms with van der Waals surface area (Å²) in [7, 11) is 3.99. The van der Waals surface area contributed by atoms with E-state index in [0.717, 1.165) is 17.6 Å². The van der Waals surface area contributed by atoms with Crippen molar-refractivity contribution in [2.24, 2.45) is 5.92 Å². The molecule has 0 radical (unpaired) electrons. The topological polar surface area (TPSA) is 63.1 Å². The molecule has 0 saturated carbocycles. The van der Waals surface area contributed by atoms with Gasteiger partial charge in [-0.15, -0.1) is 0 Å². The molecule has 2 aromatic heterocycles. The van der Waals surface area contributed by atoms with E-state index in [-0.39, 0.29) is 11.9 Å². The highest BCUT2D eigenvalue weighted by Gasteiger charge is 2.12. The molecule has 1 N–H and O–H groups in total. The third-order valence-electron chi connectivity index (χ3n) is 3.72. The fourth-order valence-electron chi connectivity index (χ4n) is 2.10. The van der Waals surface area contributed by atoms with E-state index in [9.17, 15) is 4.79 Å². The summed E-state index contributed by atoms with van der Waals surface area (Å²) in [4.78, 5) is 18.7. The van der Waals surface area contributed by atoms with Crippen LogP contribution in [0.15, 0.2) is 18.5 Å². The van der Waals surface area contributed by atoms with E-state index in [4.69, 9.17) is 0 Å². The number of amides is 1. The van der Waals surface area contributed by atoms with Crippen molar-refractivity contribution in [1.82, 2.24) is 25.0 Å². The Kier molecular flexibility index (Phi) is 5.13. The van der Waals surface area contributed by atoms with Gasteiger partial charge in [0.1, 0.15) is 0 Å². The zero-order chi connectivity index (χ0) is 16.3. The van der Waals surface area contributed by atoms with Crippen LogP contribution in [0.2, 0.25) is 0 Å². The Morgan fingerprint density at radius 1 is 1.32 bits per heavy atom. The molecule has 0 aliphatic rings. The molecule has 22 heavy (non-hydrogen) atoms. The summed E-state index contributed by atoms with van der Waals surface area (Å²) in [6.07, 6.45) is 3.39. The fourth-order valence-corrected chi connectivity index (χ4v) is 2.10. The van der Waals surface area contributed by atoms with Crippen molar-refractivity contribution < 1.29 is 4.79 Å². The molecular weight excluding hydrogens is 278 g/mol. The van der Waals surface area contributed by atoms with Crippen molar-refractivity contribution in [3.05, 3.63) is 24.0 Å². The molecule has 0 saturated heterocycles. The number of carbonyl (C=O) groups excluding carboxylic acids is 1. The first kappa shape index (κ1) is 16.4. The van der Waals surface area contributed by atoms with E-state index in [1.54, 1.807) is 12.4 Å². The SMILES string of the molecule is CC(C)Cn1ncc2cc(C(=O)NC[C@@H](C)N(C)C)cnc21. The first-order valence-electron chi connectivity index (χ1n) is 7.64. The maximum Gasteiger partial charge on any atom is 0.252 e. The predicted octanol–water partition coefficient (Wildman–Crippen LogP) is 1.77. The van der Waals surface area contributed by atoms with Gasteiger partial charge in [-0.1, -0.05) is 13.8 Å². The van der Waals surface area contributed by atoms with E-state index in [1.807, 2.05) is 24.8 Å². The van der Waals surface area contributed by atoms with E-state index < -0.39 is 0 Å². The number of aromatic nitrogens is 3. The number of hydrogen-bond donors (Lipinski definition) is 1. The Labute approximate surface area is 131 Å². The van der Waals surface area contributed by atoms with Gasteiger partial charge in [0, 0.05) is 30.7 Å². The van der Waals surface area contributed by atoms with Crippen LogP contribution in [0.3, 0.4) is 0 Å². The van der Waals surface area contributed by atoms with Crippen LogP contribution >= 0.6 is 0 Å². The minimum absolute atomic E-state index is 0.0975. The molecule has 0 aliphatic carbocycles. The van der Waals surface area contributed by atoms with E-state index in [0.29, 0.717) is 18.0 Å². The summed E-state index contributed by atoms with van der Waals surface area (Å²) < 4.78 is 1.88. The Morgan fingerprint density at radius 2 is 2.05 bits per heavy atom. The summed E-state index contributed by atoms with van der Waals surface area (Å²) in [5, 5.41) is 8.18. The lowest BCUT2D eigenvalue weighted by molar-refractivity contribution is 0.0943. The van der Waals surface area contributed by atoms with Crippen LogP contribution in [0.1, 0.15) is 31.1 Å². The number of fused-ring (bicyclic) bond motifs is 1. The van der Waals surface area contributed by atoms with Gasteiger partial charge in [0.25, 0.3) is 5.91 Å². The van der Waals surface area contributed by atoms with Crippen molar-refractivity contribution in [1.29, 1.82) is 0 Å². The number of nitrogens with zero attached hydrogens (tertiary/aromatic N) is 4. The van der Waals surface area contributed by atoms with Gasteiger partial charge in [0.15, 0.2) is 5.65 Å². The van der Waals surface area contributed by atoms with E-state index in [2.05, 4.69) is 41.1 Å². The Hall–Kier alpha value is -1.95. The molecule has 0 aromatic carbocycles. The molecule has 0 bridgehead atoms. The van der Waals surface area contributed by atoms with Gasteiger partial charge in [-0.3, -0.25) is 4.79 Å². The van der Waals surface area contributed by atoms with Crippen LogP contribution in [0.4, 0.5) is 0 Å². The van der Waals surface area contributed by atoms with Gasteiger partial charge in [0.05, 0.1) is 11.8 Å². The third-order valence-corrected chi connectivity index (χ3v) is 3.72. The van der Waals surface area contributed by atoms with Gasteiger partial charge in [-0.05, 0) is 33.0 Å². The summed E-state index contributed by atoms with van der Waals surface area (Å²) in [5.41, 5.74) is 1.40. The van der Waals surface area contributed by atoms with E-state index >= 15 is 0 Å². The molecule has 0 aliphatic heterocycles. The lowest BCUT2D eigenvalue weighted by Crippen LogP contribution is -2.38. The summed E-state index contributed by atoms with van der Waals surface area (Å²) in [6.45, 7) is 7.78. The largest absolute Gasteiger partial charge is 0.350 e. The molecule has 0 unspecified atom stereocenters. The average Bonchev–Trinajstić information content (AvgIpc) is 2.85. The number of rotatable bonds is 6. The van der Waals surface area contributed by atoms with Crippen LogP contribution in [-0.4, -0.2) is 52.3 Å². The number of likely N-dealkylation sites (N-methyl/N-ethyl adjacent to an activating group) is 1. The van der Waals surface area contributed by atoms with Crippen molar-refractivity contribution in [3.63, 3.8) is 0 Å². The smallest absolute Gasteiger partial charge is 0.252 e. The van der Waals surface area contributed by atoms with Gasteiger partial charge < -0.3 is 10.2 Å². The highest BCUT2D eigenvalue weighted by molar-refractivity contribution is 5.96. The van der Waals surface area contributed by atoms with Crippen LogP contribution in [0.25, 0.3) is 11.0 Å². The Balaban J connectivity index is 2.11. The molecular formula is C16H25N5O. The quantitative estimate of drug-likeness (QED) is 0.883. The summed E-state index contributed by atoms with van der Waals surface area (Å²) in [5.74, 6) is 0.403. The highest BCUT2D eigenvalue weighted by atomic mass is 16.1. The maximum absolute atomic E-state index is 12.2.